The Kier molecular flexibility index (Phi) is 7.60. The summed E-state index contributed by atoms with van der Waals surface area (Å²) in [5, 5.41) is 18.2. The first kappa shape index (κ1) is 25.6. The van der Waals surface area contributed by atoms with Crippen molar-refractivity contribution in [3.05, 3.63) is 41.7 Å². The lowest BCUT2D eigenvalue weighted by Gasteiger charge is -2.23. The number of halogens is 1. The Labute approximate surface area is 205 Å². The van der Waals surface area contributed by atoms with E-state index in [2.05, 4.69) is 59.4 Å². The molecule has 4 rings (SSSR count). The number of nitrogens with zero attached hydrogens (tertiary/aromatic N) is 5. The van der Waals surface area contributed by atoms with Crippen molar-refractivity contribution in [1.29, 1.82) is 0 Å². The average molecular weight is 486 g/mol. The SMILES string of the molecule is Cc1ccc2c(-c3cnc4[nH]cc(C(=O)NC(C)(C)CO)c4n3)nn(CCCN(C)C)c2c1.Cl. The van der Waals surface area contributed by atoms with Gasteiger partial charge < -0.3 is 20.3 Å². The van der Waals surface area contributed by atoms with Crippen molar-refractivity contribution in [3.63, 3.8) is 0 Å². The first-order valence-corrected chi connectivity index (χ1v) is 11.1. The van der Waals surface area contributed by atoms with Gasteiger partial charge in [0.15, 0.2) is 5.65 Å². The van der Waals surface area contributed by atoms with Crippen LogP contribution >= 0.6 is 12.4 Å². The molecular weight excluding hydrogens is 454 g/mol. The minimum atomic E-state index is -0.745. The van der Waals surface area contributed by atoms with Crippen molar-refractivity contribution in [2.24, 2.45) is 0 Å². The predicted octanol–water partition coefficient (Wildman–Crippen LogP) is 3.16. The molecule has 0 radical (unpaired) electrons. The Morgan fingerprint density at radius 1 is 1.29 bits per heavy atom. The van der Waals surface area contributed by atoms with E-state index >= 15 is 0 Å². The van der Waals surface area contributed by atoms with Crippen molar-refractivity contribution < 1.29 is 9.90 Å². The number of rotatable bonds is 8. The summed E-state index contributed by atoms with van der Waals surface area (Å²) in [6, 6.07) is 6.27. The van der Waals surface area contributed by atoms with E-state index in [0.717, 1.165) is 36.1 Å². The van der Waals surface area contributed by atoms with E-state index in [-0.39, 0.29) is 24.9 Å². The van der Waals surface area contributed by atoms with Crippen LogP contribution in [-0.2, 0) is 6.54 Å². The number of hydrogen-bond acceptors (Lipinski definition) is 6. The molecule has 182 valence electrons. The van der Waals surface area contributed by atoms with Gasteiger partial charge >= 0.3 is 0 Å². The average Bonchev–Trinajstić information content (AvgIpc) is 3.34. The van der Waals surface area contributed by atoms with Crippen LogP contribution in [0.2, 0.25) is 0 Å². The van der Waals surface area contributed by atoms with Crippen LogP contribution in [0.15, 0.2) is 30.6 Å². The van der Waals surface area contributed by atoms with Gasteiger partial charge in [0.2, 0.25) is 0 Å². The summed E-state index contributed by atoms with van der Waals surface area (Å²) in [4.78, 5) is 27.3. The van der Waals surface area contributed by atoms with Gasteiger partial charge in [-0.1, -0.05) is 12.1 Å². The second-order valence-electron chi connectivity index (χ2n) is 9.40. The molecule has 3 N–H and O–H groups in total. The molecule has 0 saturated carbocycles. The monoisotopic (exact) mass is 485 g/mol. The molecule has 34 heavy (non-hydrogen) atoms. The van der Waals surface area contributed by atoms with E-state index in [9.17, 15) is 9.90 Å². The summed E-state index contributed by atoms with van der Waals surface area (Å²) in [6.07, 6.45) is 4.26. The summed E-state index contributed by atoms with van der Waals surface area (Å²) in [5.41, 5.74) is 4.21. The first-order chi connectivity index (χ1) is 15.7. The molecular formula is C24H32ClN7O2. The van der Waals surface area contributed by atoms with Crippen LogP contribution in [0.25, 0.3) is 33.5 Å². The number of aromatic nitrogens is 5. The number of carbonyl (C=O) groups is 1. The van der Waals surface area contributed by atoms with Gasteiger partial charge in [-0.2, -0.15) is 5.10 Å². The fourth-order valence-corrected chi connectivity index (χ4v) is 3.77. The maximum Gasteiger partial charge on any atom is 0.255 e. The molecule has 9 nitrogen and oxygen atoms in total. The Morgan fingerprint density at radius 2 is 2.06 bits per heavy atom. The molecule has 0 fully saturated rings. The predicted molar refractivity (Wildman–Crippen MR) is 136 cm³/mol. The summed E-state index contributed by atoms with van der Waals surface area (Å²) in [5.74, 6) is -0.318. The van der Waals surface area contributed by atoms with Gasteiger partial charge in [-0.15, -0.1) is 12.4 Å². The zero-order valence-electron chi connectivity index (χ0n) is 20.2. The number of benzene rings is 1. The highest BCUT2D eigenvalue weighted by molar-refractivity contribution is 6.05. The third-order valence-electron chi connectivity index (χ3n) is 5.60. The molecule has 0 unspecified atom stereocenters. The van der Waals surface area contributed by atoms with Gasteiger partial charge in [-0.05, 0) is 59.5 Å². The lowest BCUT2D eigenvalue weighted by atomic mass is 10.1. The van der Waals surface area contributed by atoms with Crippen LogP contribution in [-0.4, -0.2) is 73.4 Å². The number of hydrogen-bond donors (Lipinski definition) is 3. The molecule has 0 saturated heterocycles. The second-order valence-corrected chi connectivity index (χ2v) is 9.40. The normalized spacial score (nSPS) is 11.9. The van der Waals surface area contributed by atoms with E-state index in [4.69, 9.17) is 10.1 Å². The largest absolute Gasteiger partial charge is 0.394 e. The molecule has 1 amide bonds. The summed E-state index contributed by atoms with van der Waals surface area (Å²) < 4.78 is 2.03. The zero-order valence-corrected chi connectivity index (χ0v) is 21.0. The quantitative estimate of drug-likeness (QED) is 0.353. The minimum absolute atomic E-state index is 0. The fourth-order valence-electron chi connectivity index (χ4n) is 3.77. The maximum absolute atomic E-state index is 12.8. The molecule has 0 atom stereocenters. The molecule has 0 aliphatic rings. The van der Waals surface area contributed by atoms with Crippen molar-refractivity contribution >= 4 is 40.4 Å². The van der Waals surface area contributed by atoms with Gasteiger partial charge in [-0.25, -0.2) is 9.97 Å². The number of H-pyrrole nitrogens is 1. The lowest BCUT2D eigenvalue weighted by molar-refractivity contribution is 0.0871. The zero-order chi connectivity index (χ0) is 23.8. The molecule has 4 aromatic rings. The standard InChI is InChI=1S/C24H31N7O2.ClH/c1-15-7-8-16-19(11-15)31(10-6-9-30(4)5)29-20(16)18-13-26-22-21(27-18)17(12-25-22)23(33)28-24(2,3)14-32;/h7-8,11-13,32H,6,9-10,14H2,1-5H3,(H,25,26)(H,28,33);1H. The molecule has 3 aromatic heterocycles. The molecule has 3 heterocycles. The lowest BCUT2D eigenvalue weighted by Crippen LogP contribution is -2.46. The van der Waals surface area contributed by atoms with E-state index < -0.39 is 5.54 Å². The van der Waals surface area contributed by atoms with Crippen molar-refractivity contribution in [2.45, 2.75) is 39.3 Å². The summed E-state index contributed by atoms with van der Waals surface area (Å²) in [7, 11) is 4.13. The van der Waals surface area contributed by atoms with Gasteiger partial charge in [0, 0.05) is 18.1 Å². The van der Waals surface area contributed by atoms with Gasteiger partial charge in [0.1, 0.15) is 16.9 Å². The van der Waals surface area contributed by atoms with Gasteiger partial charge in [0.05, 0.1) is 29.4 Å². The van der Waals surface area contributed by atoms with E-state index in [1.54, 1.807) is 26.2 Å². The van der Waals surface area contributed by atoms with E-state index in [1.165, 1.54) is 5.56 Å². The Bertz CT molecular complexity index is 1310. The van der Waals surface area contributed by atoms with Crippen LogP contribution in [0.1, 0.15) is 36.2 Å². The van der Waals surface area contributed by atoms with Crippen molar-refractivity contribution in [3.8, 4) is 11.4 Å². The number of aryl methyl sites for hydroxylation is 2. The number of nitrogens with one attached hydrogen (secondary N) is 2. The Hall–Kier alpha value is -3.01. The highest BCUT2D eigenvalue weighted by Gasteiger charge is 2.23. The van der Waals surface area contributed by atoms with Crippen molar-refractivity contribution in [1.82, 2.24) is 34.9 Å². The van der Waals surface area contributed by atoms with Gasteiger partial charge in [0.25, 0.3) is 5.91 Å². The van der Waals surface area contributed by atoms with Crippen LogP contribution in [0.3, 0.4) is 0 Å². The van der Waals surface area contributed by atoms with E-state index in [0.29, 0.717) is 22.4 Å². The second kappa shape index (κ2) is 10.1. The van der Waals surface area contributed by atoms with Crippen LogP contribution in [0, 0.1) is 6.92 Å². The number of aliphatic hydroxyl groups excluding tert-OH is 1. The van der Waals surface area contributed by atoms with Crippen LogP contribution in [0.4, 0.5) is 0 Å². The smallest absolute Gasteiger partial charge is 0.255 e. The number of amides is 1. The Morgan fingerprint density at radius 3 is 2.76 bits per heavy atom. The van der Waals surface area contributed by atoms with Crippen molar-refractivity contribution in [2.75, 3.05) is 27.2 Å². The van der Waals surface area contributed by atoms with E-state index in [1.807, 2.05) is 4.68 Å². The molecule has 0 aliphatic carbocycles. The maximum atomic E-state index is 12.8. The fraction of sp³-hybridized carbons (Fsp3) is 0.417. The van der Waals surface area contributed by atoms with Gasteiger partial charge in [-0.3, -0.25) is 9.48 Å². The highest BCUT2D eigenvalue weighted by Crippen LogP contribution is 2.29. The summed E-state index contributed by atoms with van der Waals surface area (Å²) in [6.45, 7) is 7.18. The molecule has 10 heteroatoms. The molecule has 1 aromatic carbocycles. The molecule has 0 bridgehead atoms. The van der Waals surface area contributed by atoms with Crippen LogP contribution < -0.4 is 5.32 Å². The number of fused-ring (bicyclic) bond motifs is 2. The Balaban J connectivity index is 0.00000324. The first-order valence-electron chi connectivity index (χ1n) is 11.1. The number of carbonyl (C=O) groups excluding carboxylic acids is 1. The molecule has 0 spiro atoms. The third-order valence-corrected chi connectivity index (χ3v) is 5.60. The topological polar surface area (TPSA) is 112 Å². The third kappa shape index (κ3) is 5.22. The minimum Gasteiger partial charge on any atom is -0.394 e. The number of aliphatic hydroxyl groups is 1. The summed E-state index contributed by atoms with van der Waals surface area (Å²) >= 11 is 0. The highest BCUT2D eigenvalue weighted by atomic mass is 35.5. The van der Waals surface area contributed by atoms with Crippen LogP contribution in [0.5, 0.6) is 0 Å². The molecule has 0 aliphatic heterocycles. The number of aromatic amines is 1.